The first kappa shape index (κ1) is 12.7. The summed E-state index contributed by atoms with van der Waals surface area (Å²) in [4.78, 5) is 4.26. The van der Waals surface area contributed by atoms with Gasteiger partial charge < -0.3 is 10.3 Å². The molecule has 0 atom stereocenters. The standard InChI is InChI=1S/C14H17ClFN3/c15-10-7-13-12(8-11(10)16)18-14(17)19(13)9-5-3-1-2-4-6-9/h7-9H,1-6H2,(H2,17,18). The molecule has 5 heteroatoms. The third-order valence-electron chi connectivity index (χ3n) is 3.95. The Labute approximate surface area is 116 Å². The summed E-state index contributed by atoms with van der Waals surface area (Å²) in [6, 6.07) is 3.36. The molecule has 2 aromatic rings. The molecule has 1 aliphatic carbocycles. The Hall–Kier alpha value is -1.29. The Balaban J connectivity index is 2.11. The van der Waals surface area contributed by atoms with Crippen molar-refractivity contribution >= 4 is 28.6 Å². The summed E-state index contributed by atoms with van der Waals surface area (Å²) in [7, 11) is 0. The monoisotopic (exact) mass is 281 g/mol. The summed E-state index contributed by atoms with van der Waals surface area (Å²) < 4.78 is 15.5. The summed E-state index contributed by atoms with van der Waals surface area (Å²) in [5.74, 6) is 0.0169. The number of halogens is 2. The van der Waals surface area contributed by atoms with E-state index in [1.54, 1.807) is 6.07 Å². The van der Waals surface area contributed by atoms with Gasteiger partial charge in [0, 0.05) is 12.1 Å². The molecule has 0 amide bonds. The van der Waals surface area contributed by atoms with Gasteiger partial charge in [-0.15, -0.1) is 0 Å². The molecular weight excluding hydrogens is 265 g/mol. The number of fused-ring (bicyclic) bond motifs is 1. The number of hydrogen-bond acceptors (Lipinski definition) is 2. The molecule has 1 heterocycles. The number of anilines is 1. The van der Waals surface area contributed by atoms with Gasteiger partial charge in [-0.25, -0.2) is 9.37 Å². The average molecular weight is 282 g/mol. The van der Waals surface area contributed by atoms with Crippen molar-refractivity contribution in [2.24, 2.45) is 0 Å². The fourth-order valence-corrected chi connectivity index (χ4v) is 3.17. The lowest BCUT2D eigenvalue weighted by Crippen LogP contribution is -2.11. The Morgan fingerprint density at radius 3 is 2.58 bits per heavy atom. The third-order valence-corrected chi connectivity index (χ3v) is 4.24. The van der Waals surface area contributed by atoms with Gasteiger partial charge in [-0.3, -0.25) is 0 Å². The molecule has 19 heavy (non-hydrogen) atoms. The number of rotatable bonds is 1. The van der Waals surface area contributed by atoms with Crippen LogP contribution in [0.4, 0.5) is 10.3 Å². The number of benzene rings is 1. The summed E-state index contributed by atoms with van der Waals surface area (Å²) >= 11 is 5.88. The number of nitrogens with two attached hydrogens (primary N) is 1. The molecule has 1 aromatic heterocycles. The number of nitrogens with zero attached hydrogens (tertiary/aromatic N) is 2. The van der Waals surface area contributed by atoms with Gasteiger partial charge in [-0.2, -0.15) is 0 Å². The average Bonchev–Trinajstić information content (AvgIpc) is 2.57. The van der Waals surface area contributed by atoms with Gasteiger partial charge in [0.15, 0.2) is 0 Å². The second-order valence-corrected chi connectivity index (χ2v) is 5.65. The number of aromatic nitrogens is 2. The Kier molecular flexibility index (Phi) is 3.35. The lowest BCUT2D eigenvalue weighted by Gasteiger charge is -2.18. The first-order valence-electron chi connectivity index (χ1n) is 6.79. The molecule has 1 aromatic carbocycles. The third kappa shape index (κ3) is 2.29. The first-order chi connectivity index (χ1) is 9.16. The molecule has 1 fully saturated rings. The highest BCUT2D eigenvalue weighted by molar-refractivity contribution is 6.31. The van der Waals surface area contributed by atoms with Crippen molar-refractivity contribution in [1.29, 1.82) is 0 Å². The van der Waals surface area contributed by atoms with Crippen LogP contribution in [0.2, 0.25) is 5.02 Å². The van der Waals surface area contributed by atoms with Crippen LogP contribution >= 0.6 is 11.6 Å². The molecule has 102 valence electrons. The summed E-state index contributed by atoms with van der Waals surface area (Å²) in [6.45, 7) is 0. The summed E-state index contributed by atoms with van der Waals surface area (Å²) in [6.07, 6.45) is 7.17. The predicted molar refractivity (Wildman–Crippen MR) is 75.9 cm³/mol. The van der Waals surface area contributed by atoms with E-state index in [2.05, 4.69) is 4.98 Å². The van der Waals surface area contributed by atoms with Crippen LogP contribution in [0.1, 0.15) is 44.6 Å². The highest BCUT2D eigenvalue weighted by Crippen LogP contribution is 2.34. The molecule has 0 aliphatic heterocycles. The SMILES string of the molecule is Nc1nc2cc(F)c(Cl)cc2n1C1CCCCCC1. The molecular formula is C14H17ClFN3. The number of nitrogen functional groups attached to an aromatic ring is 1. The maximum absolute atomic E-state index is 13.5. The molecule has 0 bridgehead atoms. The minimum atomic E-state index is -0.445. The lowest BCUT2D eigenvalue weighted by atomic mass is 10.1. The molecule has 0 unspecified atom stereocenters. The largest absolute Gasteiger partial charge is 0.369 e. The van der Waals surface area contributed by atoms with Crippen molar-refractivity contribution in [3.63, 3.8) is 0 Å². The van der Waals surface area contributed by atoms with Gasteiger partial charge in [0.25, 0.3) is 0 Å². The van der Waals surface area contributed by atoms with Gasteiger partial charge in [0.1, 0.15) is 5.82 Å². The summed E-state index contributed by atoms with van der Waals surface area (Å²) in [5.41, 5.74) is 7.45. The molecule has 3 rings (SSSR count). The minimum Gasteiger partial charge on any atom is -0.369 e. The van der Waals surface area contributed by atoms with E-state index in [4.69, 9.17) is 17.3 Å². The number of imidazole rings is 1. The van der Waals surface area contributed by atoms with Crippen LogP contribution in [-0.2, 0) is 0 Å². The Bertz CT molecular complexity index is 600. The van der Waals surface area contributed by atoms with E-state index in [1.165, 1.54) is 31.7 Å². The van der Waals surface area contributed by atoms with Crippen molar-refractivity contribution in [2.75, 3.05) is 5.73 Å². The van der Waals surface area contributed by atoms with Crippen molar-refractivity contribution in [2.45, 2.75) is 44.6 Å². The Morgan fingerprint density at radius 1 is 1.21 bits per heavy atom. The van der Waals surface area contributed by atoms with Crippen molar-refractivity contribution < 1.29 is 4.39 Å². The first-order valence-corrected chi connectivity index (χ1v) is 7.17. The topological polar surface area (TPSA) is 43.8 Å². The van der Waals surface area contributed by atoms with Crippen LogP contribution in [-0.4, -0.2) is 9.55 Å². The van der Waals surface area contributed by atoms with Crippen LogP contribution in [0, 0.1) is 5.82 Å². The summed E-state index contributed by atoms with van der Waals surface area (Å²) in [5, 5.41) is 0.127. The van der Waals surface area contributed by atoms with Crippen molar-refractivity contribution in [1.82, 2.24) is 9.55 Å². The van der Waals surface area contributed by atoms with Gasteiger partial charge in [-0.1, -0.05) is 37.3 Å². The number of hydrogen-bond donors (Lipinski definition) is 1. The van der Waals surface area contributed by atoms with Crippen LogP contribution in [0.15, 0.2) is 12.1 Å². The van der Waals surface area contributed by atoms with Gasteiger partial charge in [0.2, 0.25) is 5.95 Å². The molecule has 0 spiro atoms. The predicted octanol–water partition coefficient (Wildman–Crippen LogP) is 4.31. The maximum atomic E-state index is 13.5. The lowest BCUT2D eigenvalue weighted by molar-refractivity contribution is 0.459. The zero-order valence-corrected chi connectivity index (χ0v) is 11.5. The quantitative estimate of drug-likeness (QED) is 0.792. The highest BCUT2D eigenvalue weighted by Gasteiger charge is 2.20. The van der Waals surface area contributed by atoms with Gasteiger partial charge >= 0.3 is 0 Å². The van der Waals surface area contributed by atoms with Crippen LogP contribution < -0.4 is 5.73 Å². The van der Waals surface area contributed by atoms with E-state index in [0.717, 1.165) is 18.4 Å². The Morgan fingerprint density at radius 2 is 1.89 bits per heavy atom. The van der Waals surface area contributed by atoms with Gasteiger partial charge in [-0.05, 0) is 18.9 Å². The molecule has 3 nitrogen and oxygen atoms in total. The van der Waals surface area contributed by atoms with E-state index in [1.807, 2.05) is 4.57 Å². The van der Waals surface area contributed by atoms with E-state index >= 15 is 0 Å². The second-order valence-electron chi connectivity index (χ2n) is 5.24. The van der Waals surface area contributed by atoms with E-state index in [-0.39, 0.29) is 5.02 Å². The van der Waals surface area contributed by atoms with Crippen LogP contribution in [0.5, 0.6) is 0 Å². The highest BCUT2D eigenvalue weighted by atomic mass is 35.5. The second kappa shape index (κ2) is 5.00. The van der Waals surface area contributed by atoms with E-state index in [9.17, 15) is 4.39 Å². The van der Waals surface area contributed by atoms with Crippen molar-refractivity contribution in [3.8, 4) is 0 Å². The molecule has 2 N–H and O–H groups in total. The molecule has 0 radical (unpaired) electrons. The molecule has 1 aliphatic rings. The van der Waals surface area contributed by atoms with Gasteiger partial charge in [0.05, 0.1) is 16.1 Å². The minimum absolute atomic E-state index is 0.127. The van der Waals surface area contributed by atoms with Crippen molar-refractivity contribution in [3.05, 3.63) is 23.0 Å². The molecule has 0 saturated heterocycles. The fraction of sp³-hybridized carbons (Fsp3) is 0.500. The molecule has 1 saturated carbocycles. The van der Waals surface area contributed by atoms with E-state index in [0.29, 0.717) is 17.5 Å². The van der Waals surface area contributed by atoms with E-state index < -0.39 is 5.82 Å². The normalized spacial score (nSPS) is 17.8. The smallest absolute Gasteiger partial charge is 0.201 e. The fourth-order valence-electron chi connectivity index (χ4n) is 3.01. The zero-order chi connectivity index (χ0) is 13.4. The van der Waals surface area contributed by atoms with Crippen LogP contribution in [0.25, 0.3) is 11.0 Å². The van der Waals surface area contributed by atoms with Crippen LogP contribution in [0.3, 0.4) is 0 Å². The zero-order valence-electron chi connectivity index (χ0n) is 10.7. The maximum Gasteiger partial charge on any atom is 0.201 e.